The Hall–Kier alpha value is -2.49. The van der Waals surface area contributed by atoms with Crippen molar-refractivity contribution in [2.24, 2.45) is 0 Å². The van der Waals surface area contributed by atoms with Gasteiger partial charge >= 0.3 is 6.03 Å². The number of hydrogen-bond acceptors (Lipinski definition) is 5. The molecule has 3 atom stereocenters. The standard InChI is InChI=1S/C19H24FN3O5/c20-13-1-3-14(4-2-13)21-19(26)22-16-6-5-15(28-17(16)12-24)11-18(25)23-7-9-27-10-8-23/h1-6,15-17,24H,7-12H2,(H2,21,22,26)/t15-,16+,17+/m0/s1. The van der Waals surface area contributed by atoms with E-state index < -0.39 is 30.1 Å². The first-order valence-corrected chi connectivity index (χ1v) is 9.18. The maximum absolute atomic E-state index is 12.9. The third-order valence-corrected chi connectivity index (χ3v) is 4.60. The summed E-state index contributed by atoms with van der Waals surface area (Å²) in [5, 5.41) is 14.9. The predicted octanol–water partition coefficient (Wildman–Crippen LogP) is 0.881. The molecule has 2 heterocycles. The van der Waals surface area contributed by atoms with E-state index in [1.807, 2.05) is 0 Å². The largest absolute Gasteiger partial charge is 0.394 e. The number of hydrogen-bond donors (Lipinski definition) is 3. The molecular formula is C19H24FN3O5. The van der Waals surface area contributed by atoms with Crippen molar-refractivity contribution in [1.29, 1.82) is 0 Å². The Kier molecular flexibility index (Phi) is 6.96. The number of carbonyl (C=O) groups excluding carboxylic acids is 2. The highest BCUT2D eigenvalue weighted by molar-refractivity contribution is 5.89. The zero-order valence-corrected chi connectivity index (χ0v) is 15.3. The Morgan fingerprint density at radius 2 is 1.89 bits per heavy atom. The van der Waals surface area contributed by atoms with Gasteiger partial charge in [0.15, 0.2) is 0 Å². The minimum Gasteiger partial charge on any atom is -0.394 e. The maximum atomic E-state index is 12.9. The summed E-state index contributed by atoms with van der Waals surface area (Å²) in [6, 6.07) is 4.31. The van der Waals surface area contributed by atoms with Crippen LogP contribution in [0.25, 0.3) is 0 Å². The average Bonchev–Trinajstić information content (AvgIpc) is 2.71. The lowest BCUT2D eigenvalue weighted by molar-refractivity contribution is -0.139. The van der Waals surface area contributed by atoms with Gasteiger partial charge in [0.25, 0.3) is 0 Å². The molecule has 0 aromatic heterocycles. The lowest BCUT2D eigenvalue weighted by atomic mass is 10.0. The number of benzene rings is 1. The molecule has 0 aliphatic carbocycles. The van der Waals surface area contributed by atoms with Crippen molar-refractivity contribution < 1.29 is 28.6 Å². The first kappa shape index (κ1) is 20.2. The Labute approximate surface area is 162 Å². The second-order valence-corrected chi connectivity index (χ2v) is 6.61. The number of urea groups is 1. The fraction of sp³-hybridized carbons (Fsp3) is 0.474. The van der Waals surface area contributed by atoms with E-state index in [-0.39, 0.29) is 18.9 Å². The van der Waals surface area contributed by atoms with Crippen LogP contribution >= 0.6 is 0 Å². The zero-order chi connectivity index (χ0) is 19.9. The number of rotatable bonds is 5. The van der Waals surface area contributed by atoms with Gasteiger partial charge in [0.1, 0.15) is 11.9 Å². The van der Waals surface area contributed by atoms with E-state index in [4.69, 9.17) is 9.47 Å². The zero-order valence-electron chi connectivity index (χ0n) is 15.3. The number of aliphatic hydroxyl groups is 1. The number of aliphatic hydroxyl groups excluding tert-OH is 1. The number of morpholine rings is 1. The van der Waals surface area contributed by atoms with Crippen molar-refractivity contribution in [2.75, 3.05) is 38.2 Å². The molecule has 2 aliphatic heterocycles. The minimum absolute atomic E-state index is 0.0323. The first-order valence-electron chi connectivity index (χ1n) is 9.18. The molecule has 0 radical (unpaired) electrons. The van der Waals surface area contributed by atoms with Gasteiger partial charge in [-0.25, -0.2) is 9.18 Å². The molecule has 3 rings (SSSR count). The maximum Gasteiger partial charge on any atom is 0.319 e. The van der Waals surface area contributed by atoms with E-state index in [2.05, 4.69) is 10.6 Å². The molecule has 0 saturated carbocycles. The molecule has 28 heavy (non-hydrogen) atoms. The van der Waals surface area contributed by atoms with Crippen LogP contribution in [0, 0.1) is 5.82 Å². The van der Waals surface area contributed by atoms with Crippen molar-refractivity contribution in [3.05, 3.63) is 42.2 Å². The van der Waals surface area contributed by atoms with Gasteiger partial charge in [-0.2, -0.15) is 0 Å². The monoisotopic (exact) mass is 393 g/mol. The van der Waals surface area contributed by atoms with Crippen LogP contribution in [0.2, 0.25) is 0 Å². The molecule has 1 aromatic carbocycles. The van der Waals surface area contributed by atoms with Crippen LogP contribution in [0.1, 0.15) is 6.42 Å². The van der Waals surface area contributed by atoms with Crippen LogP contribution in [0.4, 0.5) is 14.9 Å². The molecule has 3 N–H and O–H groups in total. The molecule has 2 aliphatic rings. The van der Waals surface area contributed by atoms with Crippen molar-refractivity contribution >= 4 is 17.6 Å². The molecular weight excluding hydrogens is 369 g/mol. The van der Waals surface area contributed by atoms with Crippen molar-refractivity contribution in [3.63, 3.8) is 0 Å². The number of nitrogens with zero attached hydrogens (tertiary/aromatic N) is 1. The summed E-state index contributed by atoms with van der Waals surface area (Å²) in [5.41, 5.74) is 0.439. The van der Waals surface area contributed by atoms with E-state index in [1.54, 1.807) is 17.1 Å². The highest BCUT2D eigenvalue weighted by atomic mass is 19.1. The van der Waals surface area contributed by atoms with Crippen LogP contribution in [0.15, 0.2) is 36.4 Å². The molecule has 8 nitrogen and oxygen atoms in total. The summed E-state index contributed by atoms with van der Waals surface area (Å²) < 4.78 is 23.9. The highest BCUT2D eigenvalue weighted by Crippen LogP contribution is 2.17. The lowest BCUT2D eigenvalue weighted by Crippen LogP contribution is -2.50. The third kappa shape index (κ3) is 5.51. The van der Waals surface area contributed by atoms with E-state index in [9.17, 15) is 19.1 Å². The van der Waals surface area contributed by atoms with Crippen molar-refractivity contribution in [3.8, 4) is 0 Å². The summed E-state index contributed by atoms with van der Waals surface area (Å²) in [4.78, 5) is 26.2. The topological polar surface area (TPSA) is 100 Å². The second kappa shape index (κ2) is 9.63. The van der Waals surface area contributed by atoms with E-state index in [0.29, 0.717) is 32.0 Å². The quantitative estimate of drug-likeness (QED) is 0.645. The van der Waals surface area contributed by atoms with Crippen molar-refractivity contribution in [2.45, 2.75) is 24.7 Å². The number of amides is 3. The fourth-order valence-corrected chi connectivity index (χ4v) is 3.10. The van der Waals surface area contributed by atoms with Crippen LogP contribution in [0.3, 0.4) is 0 Å². The molecule has 1 fully saturated rings. The SMILES string of the molecule is O=C(Nc1ccc(F)cc1)N[C@@H]1C=C[C@@H](CC(=O)N2CCOCC2)O[C@@H]1CO. The van der Waals surface area contributed by atoms with Gasteiger partial charge in [0.2, 0.25) is 5.91 Å². The molecule has 0 bridgehead atoms. The third-order valence-electron chi connectivity index (χ3n) is 4.60. The Morgan fingerprint density at radius 1 is 1.18 bits per heavy atom. The highest BCUT2D eigenvalue weighted by Gasteiger charge is 2.30. The summed E-state index contributed by atoms with van der Waals surface area (Å²) >= 11 is 0. The smallest absolute Gasteiger partial charge is 0.319 e. The second-order valence-electron chi connectivity index (χ2n) is 6.61. The number of anilines is 1. The van der Waals surface area contributed by atoms with Crippen LogP contribution in [-0.2, 0) is 14.3 Å². The fourth-order valence-electron chi connectivity index (χ4n) is 3.10. The van der Waals surface area contributed by atoms with Crippen LogP contribution in [0.5, 0.6) is 0 Å². The molecule has 1 saturated heterocycles. The van der Waals surface area contributed by atoms with Gasteiger partial charge in [0.05, 0.1) is 38.4 Å². The normalized spacial score (nSPS) is 24.6. The van der Waals surface area contributed by atoms with Gasteiger partial charge in [0, 0.05) is 18.8 Å². The van der Waals surface area contributed by atoms with Gasteiger partial charge < -0.3 is 30.1 Å². The predicted molar refractivity (Wildman–Crippen MR) is 99.2 cm³/mol. The van der Waals surface area contributed by atoms with Gasteiger partial charge in [-0.3, -0.25) is 4.79 Å². The number of ether oxygens (including phenoxy) is 2. The molecule has 152 valence electrons. The van der Waals surface area contributed by atoms with E-state index in [0.717, 1.165) is 0 Å². The molecule has 0 unspecified atom stereocenters. The van der Waals surface area contributed by atoms with Crippen molar-refractivity contribution in [1.82, 2.24) is 10.2 Å². The van der Waals surface area contributed by atoms with Gasteiger partial charge in [-0.05, 0) is 24.3 Å². The lowest BCUT2D eigenvalue weighted by Gasteiger charge is -2.33. The Morgan fingerprint density at radius 3 is 2.57 bits per heavy atom. The average molecular weight is 393 g/mol. The number of halogens is 1. The minimum atomic E-state index is -0.675. The van der Waals surface area contributed by atoms with Crippen LogP contribution < -0.4 is 10.6 Å². The molecule has 0 spiro atoms. The van der Waals surface area contributed by atoms with Gasteiger partial charge in [-0.1, -0.05) is 12.2 Å². The van der Waals surface area contributed by atoms with Crippen LogP contribution in [-0.4, -0.2) is 73.1 Å². The summed E-state index contributed by atoms with van der Waals surface area (Å²) in [6.07, 6.45) is 2.46. The first-order chi connectivity index (χ1) is 13.5. The molecule has 3 amide bonds. The Bertz CT molecular complexity index is 706. The summed E-state index contributed by atoms with van der Waals surface area (Å²) in [5.74, 6) is -0.428. The van der Waals surface area contributed by atoms with E-state index >= 15 is 0 Å². The van der Waals surface area contributed by atoms with Gasteiger partial charge in [-0.15, -0.1) is 0 Å². The number of carbonyl (C=O) groups is 2. The summed E-state index contributed by atoms with van der Waals surface area (Å²) in [7, 11) is 0. The van der Waals surface area contributed by atoms with E-state index in [1.165, 1.54) is 24.3 Å². The number of nitrogens with one attached hydrogen (secondary N) is 2. The molecule has 1 aromatic rings. The summed E-state index contributed by atoms with van der Waals surface area (Å²) in [6.45, 7) is 1.87. The Balaban J connectivity index is 1.52. The molecule has 9 heteroatoms.